The molecule has 0 aromatic heterocycles. The van der Waals surface area contributed by atoms with Crippen LogP contribution in [0, 0.1) is 0 Å². The second-order valence-electron chi connectivity index (χ2n) is 3.99. The molecule has 0 unspecified atom stereocenters. The first-order valence-corrected chi connectivity index (χ1v) is 5.92. The number of amides is 2. The fraction of sp³-hybridized carbons (Fsp3) is 0.214. The second-order valence-corrected chi connectivity index (χ2v) is 3.99. The monoisotopic (exact) mass is 259 g/mol. The molecular weight excluding hydrogens is 246 g/mol. The molecule has 1 heterocycles. The van der Waals surface area contributed by atoms with E-state index >= 15 is 0 Å². The van der Waals surface area contributed by atoms with Gasteiger partial charge in [-0.2, -0.15) is 0 Å². The number of carbonyl (C=O) groups is 3. The van der Waals surface area contributed by atoms with Gasteiger partial charge >= 0.3 is 5.97 Å². The number of hydrogen-bond acceptors (Lipinski definition) is 4. The minimum atomic E-state index is -0.358. The molecule has 2 amide bonds. The van der Waals surface area contributed by atoms with E-state index in [4.69, 9.17) is 4.74 Å². The molecule has 0 aliphatic carbocycles. The van der Waals surface area contributed by atoms with Crippen molar-refractivity contribution in [3.63, 3.8) is 0 Å². The molecule has 1 aliphatic heterocycles. The first-order chi connectivity index (χ1) is 9.11. The minimum absolute atomic E-state index is 0.175. The molecule has 5 nitrogen and oxygen atoms in total. The Morgan fingerprint density at radius 3 is 2.21 bits per heavy atom. The highest BCUT2D eigenvalue weighted by Crippen LogP contribution is 2.19. The highest BCUT2D eigenvalue weighted by atomic mass is 16.5. The van der Waals surface area contributed by atoms with Crippen molar-refractivity contribution < 1.29 is 19.1 Å². The van der Waals surface area contributed by atoms with Gasteiger partial charge in [-0.15, -0.1) is 0 Å². The van der Waals surface area contributed by atoms with Crippen molar-refractivity contribution in [1.82, 2.24) is 0 Å². The predicted octanol–water partition coefficient (Wildman–Crippen LogP) is 1.22. The maximum Gasteiger partial charge on any atom is 0.310 e. The first kappa shape index (κ1) is 13.0. The quantitative estimate of drug-likeness (QED) is 0.602. The van der Waals surface area contributed by atoms with Crippen LogP contribution in [0.15, 0.2) is 36.4 Å². The molecule has 0 radical (unpaired) electrons. The van der Waals surface area contributed by atoms with E-state index in [9.17, 15) is 14.4 Å². The summed E-state index contributed by atoms with van der Waals surface area (Å²) >= 11 is 0. The molecule has 0 saturated heterocycles. The molecule has 98 valence electrons. The van der Waals surface area contributed by atoms with Crippen LogP contribution < -0.4 is 4.90 Å². The van der Waals surface area contributed by atoms with Gasteiger partial charge < -0.3 is 4.74 Å². The van der Waals surface area contributed by atoms with Crippen molar-refractivity contribution in [3.05, 3.63) is 42.0 Å². The lowest BCUT2D eigenvalue weighted by molar-refractivity contribution is -0.142. The Hall–Kier alpha value is -2.43. The van der Waals surface area contributed by atoms with Crippen LogP contribution in [0.4, 0.5) is 5.69 Å². The highest BCUT2D eigenvalue weighted by Gasteiger charge is 2.24. The van der Waals surface area contributed by atoms with Gasteiger partial charge in [-0.1, -0.05) is 12.1 Å². The Bertz CT molecular complexity index is 527. The predicted molar refractivity (Wildman–Crippen MR) is 68.4 cm³/mol. The van der Waals surface area contributed by atoms with Gasteiger partial charge in [-0.3, -0.25) is 14.4 Å². The maximum absolute atomic E-state index is 11.5. The number of esters is 1. The van der Waals surface area contributed by atoms with Crippen molar-refractivity contribution in [2.75, 3.05) is 11.5 Å². The fourth-order valence-corrected chi connectivity index (χ4v) is 1.80. The van der Waals surface area contributed by atoms with Gasteiger partial charge in [0, 0.05) is 12.2 Å². The number of anilines is 1. The molecule has 19 heavy (non-hydrogen) atoms. The van der Waals surface area contributed by atoms with Crippen molar-refractivity contribution in [2.45, 2.75) is 13.3 Å². The third-order valence-corrected chi connectivity index (χ3v) is 2.66. The molecule has 1 aromatic rings. The van der Waals surface area contributed by atoms with Gasteiger partial charge in [0.15, 0.2) is 0 Å². The van der Waals surface area contributed by atoms with Crippen LogP contribution in [0.25, 0.3) is 0 Å². The van der Waals surface area contributed by atoms with Gasteiger partial charge in [0.05, 0.1) is 18.7 Å². The standard InChI is InChI=1S/C14H13NO4/c1-2-19-14(18)9-10-3-5-11(6-4-10)15-12(16)7-8-13(15)17/h3-8H,2,9H2,1H3. The van der Waals surface area contributed by atoms with Crippen LogP contribution in [-0.2, 0) is 25.5 Å². The van der Waals surface area contributed by atoms with Gasteiger partial charge in [-0.25, -0.2) is 4.90 Å². The molecular formula is C14H13NO4. The number of ether oxygens (including phenoxy) is 1. The number of hydrogen-bond donors (Lipinski definition) is 0. The lowest BCUT2D eigenvalue weighted by Crippen LogP contribution is -2.29. The molecule has 5 heteroatoms. The Morgan fingerprint density at radius 2 is 1.68 bits per heavy atom. The Kier molecular flexibility index (Phi) is 3.75. The largest absolute Gasteiger partial charge is 0.466 e. The van der Waals surface area contributed by atoms with E-state index in [1.54, 1.807) is 31.2 Å². The number of rotatable bonds is 4. The molecule has 0 saturated carbocycles. The van der Waals surface area contributed by atoms with E-state index in [1.807, 2.05) is 0 Å². The van der Waals surface area contributed by atoms with Crippen LogP contribution in [0.5, 0.6) is 0 Å². The number of benzene rings is 1. The van der Waals surface area contributed by atoms with Gasteiger partial charge in [0.2, 0.25) is 0 Å². The molecule has 1 aromatic carbocycles. The van der Waals surface area contributed by atoms with Crippen molar-refractivity contribution >= 4 is 23.5 Å². The zero-order valence-electron chi connectivity index (χ0n) is 10.5. The molecule has 0 fully saturated rings. The van der Waals surface area contributed by atoms with Crippen LogP contribution in [0.3, 0.4) is 0 Å². The van der Waals surface area contributed by atoms with Gasteiger partial charge in [0.1, 0.15) is 0 Å². The average Bonchev–Trinajstić information content (AvgIpc) is 2.71. The zero-order valence-corrected chi connectivity index (χ0v) is 10.5. The van der Waals surface area contributed by atoms with E-state index in [2.05, 4.69) is 0 Å². The van der Waals surface area contributed by atoms with E-state index in [0.717, 1.165) is 10.5 Å². The summed E-state index contributed by atoms with van der Waals surface area (Å²) in [6, 6.07) is 6.67. The summed E-state index contributed by atoms with van der Waals surface area (Å²) in [5.74, 6) is -1.02. The second kappa shape index (κ2) is 5.48. The topological polar surface area (TPSA) is 63.7 Å². The minimum Gasteiger partial charge on any atom is -0.466 e. The third kappa shape index (κ3) is 2.88. The first-order valence-electron chi connectivity index (χ1n) is 5.92. The molecule has 2 rings (SSSR count). The fourth-order valence-electron chi connectivity index (χ4n) is 1.80. The zero-order chi connectivity index (χ0) is 13.8. The lowest BCUT2D eigenvalue weighted by atomic mass is 10.1. The van der Waals surface area contributed by atoms with Crippen LogP contribution >= 0.6 is 0 Å². The van der Waals surface area contributed by atoms with E-state index in [0.29, 0.717) is 12.3 Å². The van der Waals surface area contributed by atoms with E-state index < -0.39 is 0 Å². The SMILES string of the molecule is CCOC(=O)Cc1ccc(N2C(=O)C=CC2=O)cc1. The average molecular weight is 259 g/mol. The smallest absolute Gasteiger partial charge is 0.310 e. The normalized spacial score (nSPS) is 14.1. The van der Waals surface area contributed by atoms with Crippen LogP contribution in [-0.4, -0.2) is 24.4 Å². The van der Waals surface area contributed by atoms with Gasteiger partial charge in [-0.05, 0) is 24.6 Å². The summed E-state index contributed by atoms with van der Waals surface area (Å²) in [7, 11) is 0. The summed E-state index contributed by atoms with van der Waals surface area (Å²) in [4.78, 5) is 35.3. The Balaban J connectivity index is 2.09. The number of nitrogens with zero attached hydrogens (tertiary/aromatic N) is 1. The Labute approximate surface area is 110 Å². The molecule has 0 N–H and O–H groups in total. The summed E-state index contributed by atoms with van der Waals surface area (Å²) in [5.41, 5.74) is 1.27. The molecule has 0 spiro atoms. The molecule has 0 atom stereocenters. The number of imide groups is 1. The number of carbonyl (C=O) groups excluding carboxylic acids is 3. The third-order valence-electron chi connectivity index (χ3n) is 2.66. The van der Waals surface area contributed by atoms with E-state index in [-0.39, 0.29) is 24.2 Å². The molecule has 0 bridgehead atoms. The summed E-state index contributed by atoms with van der Waals surface area (Å²) in [5, 5.41) is 0. The van der Waals surface area contributed by atoms with Crippen LogP contribution in [0.2, 0.25) is 0 Å². The molecule has 1 aliphatic rings. The van der Waals surface area contributed by atoms with E-state index in [1.165, 1.54) is 12.2 Å². The highest BCUT2D eigenvalue weighted by molar-refractivity contribution is 6.28. The summed E-state index contributed by atoms with van der Waals surface area (Å²) in [6.45, 7) is 2.10. The Morgan fingerprint density at radius 1 is 1.11 bits per heavy atom. The maximum atomic E-state index is 11.5. The summed E-state index contributed by atoms with van der Waals surface area (Å²) < 4.78 is 4.84. The lowest BCUT2D eigenvalue weighted by Gasteiger charge is -2.14. The summed E-state index contributed by atoms with van der Waals surface area (Å²) in [6.07, 6.45) is 2.64. The van der Waals surface area contributed by atoms with Crippen molar-refractivity contribution in [1.29, 1.82) is 0 Å². The van der Waals surface area contributed by atoms with Crippen LogP contribution in [0.1, 0.15) is 12.5 Å². The van der Waals surface area contributed by atoms with Crippen molar-refractivity contribution in [2.24, 2.45) is 0 Å². The van der Waals surface area contributed by atoms with Gasteiger partial charge in [0.25, 0.3) is 11.8 Å². The van der Waals surface area contributed by atoms with Crippen molar-refractivity contribution in [3.8, 4) is 0 Å².